The van der Waals surface area contributed by atoms with Crippen molar-refractivity contribution in [1.82, 2.24) is 0 Å². The third-order valence-electron chi connectivity index (χ3n) is 3.00. The minimum atomic E-state index is -0.320. The van der Waals surface area contributed by atoms with Crippen molar-refractivity contribution < 1.29 is 13.9 Å². The van der Waals surface area contributed by atoms with Gasteiger partial charge >= 0.3 is 0 Å². The Hall–Kier alpha value is -2.42. The second kappa shape index (κ2) is 4.69. The fourth-order valence-corrected chi connectivity index (χ4v) is 2.08. The number of rotatable bonds is 1. The minimum absolute atomic E-state index is 0.0638. The van der Waals surface area contributed by atoms with Gasteiger partial charge in [0.05, 0.1) is 5.56 Å². The molecule has 94 valence electrons. The first kappa shape index (κ1) is 11.7. The Morgan fingerprint density at radius 3 is 2.79 bits per heavy atom. The first-order valence-corrected chi connectivity index (χ1v) is 5.97. The molecule has 3 rings (SSSR count). The molecule has 1 aliphatic heterocycles. The largest absolute Gasteiger partial charge is 0.488 e. The molecule has 0 aromatic heterocycles. The van der Waals surface area contributed by atoms with Crippen LogP contribution in [0.15, 0.2) is 54.1 Å². The molecule has 0 amide bonds. The Labute approximate surface area is 110 Å². The Balaban J connectivity index is 1.98. The average molecular weight is 254 g/mol. The summed E-state index contributed by atoms with van der Waals surface area (Å²) < 4.78 is 18.6. The van der Waals surface area contributed by atoms with Crippen LogP contribution in [0, 0.1) is 5.82 Å². The highest BCUT2D eigenvalue weighted by atomic mass is 19.1. The van der Waals surface area contributed by atoms with E-state index in [1.807, 2.05) is 6.07 Å². The van der Waals surface area contributed by atoms with Crippen LogP contribution in [0.1, 0.15) is 15.9 Å². The number of hydrogen-bond acceptors (Lipinski definition) is 2. The van der Waals surface area contributed by atoms with Crippen LogP contribution >= 0.6 is 0 Å². The Bertz CT molecular complexity index is 674. The van der Waals surface area contributed by atoms with Gasteiger partial charge in [0.25, 0.3) is 0 Å². The number of benzene rings is 2. The lowest BCUT2D eigenvalue weighted by atomic mass is 9.98. The van der Waals surface area contributed by atoms with E-state index < -0.39 is 0 Å². The molecule has 1 heterocycles. The molecule has 0 bridgehead atoms. The van der Waals surface area contributed by atoms with Crippen molar-refractivity contribution in [2.24, 2.45) is 0 Å². The first-order valence-electron chi connectivity index (χ1n) is 5.97. The molecule has 0 N–H and O–H groups in total. The number of ether oxygens (including phenoxy) is 1. The minimum Gasteiger partial charge on any atom is -0.488 e. The van der Waals surface area contributed by atoms with Crippen molar-refractivity contribution in [1.29, 1.82) is 0 Å². The fraction of sp³-hybridized carbons (Fsp3) is 0.0625. The van der Waals surface area contributed by atoms with Crippen molar-refractivity contribution in [3.8, 4) is 5.75 Å². The topological polar surface area (TPSA) is 26.3 Å². The van der Waals surface area contributed by atoms with Crippen molar-refractivity contribution >= 4 is 11.9 Å². The normalized spacial score (nSPS) is 16.1. The summed E-state index contributed by atoms with van der Waals surface area (Å²) in [5, 5.41) is 0. The van der Waals surface area contributed by atoms with E-state index in [1.165, 1.54) is 12.1 Å². The van der Waals surface area contributed by atoms with Gasteiger partial charge in [0.1, 0.15) is 18.2 Å². The van der Waals surface area contributed by atoms with Gasteiger partial charge < -0.3 is 4.74 Å². The summed E-state index contributed by atoms with van der Waals surface area (Å²) >= 11 is 0. The Kier molecular flexibility index (Phi) is 2.88. The summed E-state index contributed by atoms with van der Waals surface area (Å²) in [5.41, 5.74) is 1.74. The lowest BCUT2D eigenvalue weighted by Crippen LogP contribution is -2.18. The molecule has 0 fully saturated rings. The van der Waals surface area contributed by atoms with Crippen molar-refractivity contribution in [2.45, 2.75) is 0 Å². The average Bonchev–Trinajstić information content (AvgIpc) is 2.42. The summed E-state index contributed by atoms with van der Waals surface area (Å²) in [6.07, 6.45) is 1.67. The van der Waals surface area contributed by atoms with Crippen LogP contribution < -0.4 is 4.74 Å². The first-order chi connectivity index (χ1) is 9.24. The molecule has 3 heteroatoms. The zero-order chi connectivity index (χ0) is 13.2. The molecular formula is C16H11FO2. The van der Waals surface area contributed by atoms with Gasteiger partial charge in [-0.05, 0) is 35.9 Å². The van der Waals surface area contributed by atoms with Crippen molar-refractivity contribution in [3.63, 3.8) is 0 Å². The predicted molar refractivity (Wildman–Crippen MR) is 70.6 cm³/mol. The highest BCUT2D eigenvalue weighted by molar-refractivity contribution is 6.14. The lowest BCUT2D eigenvalue weighted by Gasteiger charge is -2.18. The smallest absolute Gasteiger partial charge is 0.196 e. The van der Waals surface area contributed by atoms with E-state index >= 15 is 0 Å². The van der Waals surface area contributed by atoms with Crippen molar-refractivity contribution in [3.05, 3.63) is 71.0 Å². The molecule has 19 heavy (non-hydrogen) atoms. The maximum atomic E-state index is 13.1. The summed E-state index contributed by atoms with van der Waals surface area (Å²) in [6, 6.07) is 13.3. The van der Waals surface area contributed by atoms with Crippen molar-refractivity contribution in [2.75, 3.05) is 6.61 Å². The number of carbonyl (C=O) groups is 1. The van der Waals surface area contributed by atoms with Gasteiger partial charge in [-0.2, -0.15) is 0 Å². The maximum absolute atomic E-state index is 13.1. The number of hydrogen-bond donors (Lipinski definition) is 0. The zero-order valence-corrected chi connectivity index (χ0v) is 10.1. The second-order valence-electron chi connectivity index (χ2n) is 4.34. The van der Waals surface area contributed by atoms with Crippen LogP contribution in [0.2, 0.25) is 0 Å². The Morgan fingerprint density at radius 1 is 1.11 bits per heavy atom. The van der Waals surface area contributed by atoms with Gasteiger partial charge in [0, 0.05) is 5.57 Å². The Morgan fingerprint density at radius 2 is 1.95 bits per heavy atom. The number of ketones is 1. The van der Waals surface area contributed by atoms with Gasteiger partial charge in [-0.15, -0.1) is 0 Å². The van der Waals surface area contributed by atoms with Crippen LogP contribution in [-0.2, 0) is 0 Å². The zero-order valence-electron chi connectivity index (χ0n) is 10.1. The molecule has 0 unspecified atom stereocenters. The molecule has 2 nitrogen and oxygen atoms in total. The molecule has 2 aromatic rings. The lowest BCUT2D eigenvalue weighted by molar-refractivity contribution is 0.100. The number of halogens is 1. The third-order valence-corrected chi connectivity index (χ3v) is 3.00. The second-order valence-corrected chi connectivity index (χ2v) is 4.34. The van der Waals surface area contributed by atoms with E-state index in [-0.39, 0.29) is 18.2 Å². The van der Waals surface area contributed by atoms with Gasteiger partial charge in [-0.1, -0.05) is 24.3 Å². The fourth-order valence-electron chi connectivity index (χ4n) is 2.08. The molecule has 0 aliphatic carbocycles. The highest BCUT2D eigenvalue weighted by Gasteiger charge is 2.22. The number of fused-ring (bicyclic) bond motifs is 1. The molecule has 0 saturated heterocycles. The third kappa shape index (κ3) is 2.27. The van der Waals surface area contributed by atoms with E-state index in [0.29, 0.717) is 22.4 Å². The van der Waals surface area contributed by atoms with Gasteiger partial charge in [0.15, 0.2) is 5.78 Å². The number of Topliss-reactive ketones (excluding diaryl/α,β-unsaturated/α-hetero) is 1. The molecule has 0 atom stereocenters. The summed E-state index contributed by atoms with van der Waals surface area (Å²) in [5.74, 6) is 0.217. The van der Waals surface area contributed by atoms with Crippen LogP contribution in [-0.4, -0.2) is 12.4 Å². The quantitative estimate of drug-likeness (QED) is 0.728. The van der Waals surface area contributed by atoms with E-state index in [1.54, 1.807) is 36.4 Å². The van der Waals surface area contributed by atoms with E-state index in [2.05, 4.69) is 0 Å². The summed E-state index contributed by atoms with van der Waals surface area (Å²) in [4.78, 5) is 12.3. The molecule has 0 saturated carbocycles. The van der Waals surface area contributed by atoms with Gasteiger partial charge in [0.2, 0.25) is 0 Å². The van der Waals surface area contributed by atoms with E-state index in [9.17, 15) is 9.18 Å². The van der Waals surface area contributed by atoms with Crippen LogP contribution in [0.4, 0.5) is 4.39 Å². The summed E-state index contributed by atoms with van der Waals surface area (Å²) in [6.45, 7) is 0.215. The van der Waals surface area contributed by atoms with E-state index in [0.717, 1.165) is 0 Å². The summed E-state index contributed by atoms with van der Waals surface area (Å²) in [7, 11) is 0. The highest BCUT2D eigenvalue weighted by Crippen LogP contribution is 2.27. The SMILES string of the molecule is O=C1C(=Cc2cccc(F)c2)COc2ccccc21. The molecular weight excluding hydrogens is 243 g/mol. The molecule has 0 radical (unpaired) electrons. The number of carbonyl (C=O) groups excluding carboxylic acids is 1. The van der Waals surface area contributed by atoms with E-state index in [4.69, 9.17) is 4.74 Å². The van der Waals surface area contributed by atoms with Gasteiger partial charge in [-0.25, -0.2) is 4.39 Å². The standard InChI is InChI=1S/C16H11FO2/c17-13-5-3-4-11(9-13)8-12-10-19-15-7-2-1-6-14(15)16(12)18/h1-9H,10H2. The molecule has 1 aliphatic rings. The van der Waals surface area contributed by atoms with Crippen LogP contribution in [0.3, 0.4) is 0 Å². The molecule has 2 aromatic carbocycles. The number of para-hydroxylation sites is 1. The van der Waals surface area contributed by atoms with Crippen LogP contribution in [0.25, 0.3) is 6.08 Å². The maximum Gasteiger partial charge on any atom is 0.196 e. The van der Waals surface area contributed by atoms with Gasteiger partial charge in [-0.3, -0.25) is 4.79 Å². The molecule has 0 spiro atoms. The monoisotopic (exact) mass is 254 g/mol. The van der Waals surface area contributed by atoms with Crippen LogP contribution in [0.5, 0.6) is 5.75 Å². The predicted octanol–water partition coefficient (Wildman–Crippen LogP) is 3.48.